The van der Waals surface area contributed by atoms with Crippen LogP contribution in [0.5, 0.6) is 0 Å². The highest BCUT2D eigenvalue weighted by Crippen LogP contribution is 2.15. The Hall–Kier alpha value is -1.85. The summed E-state index contributed by atoms with van der Waals surface area (Å²) < 4.78 is 0. The highest BCUT2D eigenvalue weighted by atomic mass is 16.4. The second-order valence-corrected chi connectivity index (χ2v) is 3.93. The summed E-state index contributed by atoms with van der Waals surface area (Å²) in [4.78, 5) is 10.6. The van der Waals surface area contributed by atoms with Crippen molar-refractivity contribution in [1.29, 1.82) is 0 Å². The molecular weight excluding hydrogens is 218 g/mol. The van der Waals surface area contributed by atoms with Gasteiger partial charge in [-0.3, -0.25) is 4.98 Å². The second-order valence-electron chi connectivity index (χ2n) is 3.93. The number of rotatable bonds is 5. The molecule has 17 heavy (non-hydrogen) atoms. The standard InChI is InChI=1S/C11H19N5O/c1-4-16(7-8(2)10(12)15-17)11-9(3)13-5-6-14-11/h5-6,8,17H,4,7H2,1-3H3,(H2,12,15). The van der Waals surface area contributed by atoms with E-state index in [1.54, 1.807) is 12.4 Å². The van der Waals surface area contributed by atoms with E-state index in [-0.39, 0.29) is 11.8 Å². The Balaban J connectivity index is 2.83. The van der Waals surface area contributed by atoms with E-state index in [0.29, 0.717) is 6.54 Å². The molecule has 1 unspecified atom stereocenters. The minimum atomic E-state index is -0.0404. The van der Waals surface area contributed by atoms with Gasteiger partial charge in [-0.05, 0) is 13.8 Å². The van der Waals surface area contributed by atoms with Gasteiger partial charge >= 0.3 is 0 Å². The first-order valence-electron chi connectivity index (χ1n) is 5.60. The average molecular weight is 237 g/mol. The van der Waals surface area contributed by atoms with Crippen LogP contribution in [-0.4, -0.2) is 34.1 Å². The van der Waals surface area contributed by atoms with Gasteiger partial charge in [0.2, 0.25) is 0 Å². The third-order valence-electron chi connectivity index (χ3n) is 2.65. The molecule has 6 heteroatoms. The number of oxime groups is 1. The first kappa shape index (κ1) is 13.2. The summed E-state index contributed by atoms with van der Waals surface area (Å²) in [5.41, 5.74) is 6.45. The minimum absolute atomic E-state index is 0.0404. The first-order chi connectivity index (χ1) is 8.10. The van der Waals surface area contributed by atoms with Crippen LogP contribution in [0.1, 0.15) is 19.5 Å². The lowest BCUT2D eigenvalue weighted by Crippen LogP contribution is -2.35. The van der Waals surface area contributed by atoms with Crippen LogP contribution >= 0.6 is 0 Å². The number of amidine groups is 1. The van der Waals surface area contributed by atoms with Gasteiger partial charge in [-0.25, -0.2) is 4.98 Å². The van der Waals surface area contributed by atoms with E-state index >= 15 is 0 Å². The molecule has 1 aromatic heterocycles. The Morgan fingerprint density at radius 3 is 2.71 bits per heavy atom. The van der Waals surface area contributed by atoms with Crippen molar-refractivity contribution in [2.75, 3.05) is 18.0 Å². The molecule has 1 heterocycles. The maximum atomic E-state index is 8.63. The van der Waals surface area contributed by atoms with Gasteiger partial charge in [0.1, 0.15) is 11.7 Å². The van der Waals surface area contributed by atoms with E-state index in [4.69, 9.17) is 10.9 Å². The molecule has 0 aliphatic carbocycles. The van der Waals surface area contributed by atoms with Crippen LogP contribution in [0.15, 0.2) is 17.5 Å². The van der Waals surface area contributed by atoms with Gasteiger partial charge in [-0.15, -0.1) is 0 Å². The molecular formula is C11H19N5O. The van der Waals surface area contributed by atoms with Crippen molar-refractivity contribution in [2.45, 2.75) is 20.8 Å². The summed E-state index contributed by atoms with van der Waals surface area (Å²) >= 11 is 0. The molecule has 0 aliphatic heterocycles. The molecule has 1 rings (SSSR count). The van der Waals surface area contributed by atoms with Crippen LogP contribution in [0, 0.1) is 12.8 Å². The lowest BCUT2D eigenvalue weighted by molar-refractivity contribution is 0.314. The van der Waals surface area contributed by atoms with E-state index in [1.807, 2.05) is 20.8 Å². The molecule has 0 bridgehead atoms. The molecule has 0 amide bonds. The fraction of sp³-hybridized carbons (Fsp3) is 0.545. The van der Waals surface area contributed by atoms with Gasteiger partial charge in [0.15, 0.2) is 0 Å². The summed E-state index contributed by atoms with van der Waals surface area (Å²) in [6.45, 7) is 7.30. The molecule has 0 fully saturated rings. The zero-order chi connectivity index (χ0) is 12.8. The normalized spacial score (nSPS) is 13.5. The zero-order valence-electron chi connectivity index (χ0n) is 10.5. The number of aromatic nitrogens is 2. The molecule has 6 nitrogen and oxygen atoms in total. The lowest BCUT2D eigenvalue weighted by atomic mass is 10.1. The Morgan fingerprint density at radius 2 is 2.18 bits per heavy atom. The molecule has 1 atom stereocenters. The van der Waals surface area contributed by atoms with Gasteiger partial charge in [0.05, 0.1) is 5.69 Å². The number of nitrogens with two attached hydrogens (primary N) is 1. The van der Waals surface area contributed by atoms with Crippen molar-refractivity contribution in [3.8, 4) is 0 Å². The quantitative estimate of drug-likeness (QED) is 0.345. The Labute approximate surface area is 101 Å². The summed E-state index contributed by atoms with van der Waals surface area (Å²) in [5.74, 6) is 1.03. The Kier molecular flexibility index (Phi) is 4.68. The molecule has 0 saturated carbocycles. The Morgan fingerprint density at radius 1 is 1.53 bits per heavy atom. The van der Waals surface area contributed by atoms with Gasteiger partial charge in [-0.2, -0.15) is 0 Å². The number of hydrogen-bond donors (Lipinski definition) is 2. The van der Waals surface area contributed by atoms with Crippen LogP contribution in [0.4, 0.5) is 5.82 Å². The zero-order valence-corrected chi connectivity index (χ0v) is 10.5. The summed E-state index contributed by atoms with van der Waals surface area (Å²) in [6.07, 6.45) is 3.33. The summed E-state index contributed by atoms with van der Waals surface area (Å²) in [7, 11) is 0. The maximum absolute atomic E-state index is 8.63. The van der Waals surface area contributed by atoms with Crippen LogP contribution in [0.3, 0.4) is 0 Å². The van der Waals surface area contributed by atoms with E-state index < -0.39 is 0 Å². The SMILES string of the molecule is CCN(CC(C)C(N)=NO)c1nccnc1C. The molecule has 0 aromatic carbocycles. The summed E-state index contributed by atoms with van der Waals surface area (Å²) in [5, 5.41) is 11.7. The minimum Gasteiger partial charge on any atom is -0.409 e. The molecule has 0 saturated heterocycles. The number of aryl methyl sites for hydroxylation is 1. The van der Waals surface area contributed by atoms with Gasteiger partial charge < -0.3 is 15.8 Å². The Bertz CT molecular complexity index is 393. The predicted octanol–water partition coefficient (Wildman–Crippen LogP) is 0.994. The molecule has 0 spiro atoms. The van der Waals surface area contributed by atoms with Crippen LogP contribution in [0.2, 0.25) is 0 Å². The van der Waals surface area contributed by atoms with Crippen molar-refractivity contribution in [1.82, 2.24) is 9.97 Å². The van der Waals surface area contributed by atoms with Crippen molar-refractivity contribution < 1.29 is 5.21 Å². The van der Waals surface area contributed by atoms with Crippen molar-refractivity contribution >= 4 is 11.7 Å². The number of nitrogens with zero attached hydrogens (tertiary/aromatic N) is 4. The largest absolute Gasteiger partial charge is 0.409 e. The number of hydrogen-bond acceptors (Lipinski definition) is 5. The molecule has 0 radical (unpaired) electrons. The van der Waals surface area contributed by atoms with Crippen LogP contribution < -0.4 is 10.6 Å². The van der Waals surface area contributed by atoms with Gasteiger partial charge in [0.25, 0.3) is 0 Å². The smallest absolute Gasteiger partial charge is 0.150 e. The molecule has 1 aromatic rings. The highest BCUT2D eigenvalue weighted by molar-refractivity contribution is 5.82. The van der Waals surface area contributed by atoms with E-state index in [2.05, 4.69) is 20.0 Å². The third-order valence-corrected chi connectivity index (χ3v) is 2.65. The van der Waals surface area contributed by atoms with Crippen LogP contribution in [0.25, 0.3) is 0 Å². The fourth-order valence-electron chi connectivity index (χ4n) is 1.60. The van der Waals surface area contributed by atoms with Gasteiger partial charge in [-0.1, -0.05) is 12.1 Å². The molecule has 94 valence electrons. The summed E-state index contributed by atoms with van der Waals surface area (Å²) in [6, 6.07) is 0. The van der Waals surface area contributed by atoms with Gasteiger partial charge in [0, 0.05) is 31.4 Å². The van der Waals surface area contributed by atoms with E-state index in [9.17, 15) is 0 Å². The molecule has 3 N–H and O–H groups in total. The number of anilines is 1. The van der Waals surface area contributed by atoms with E-state index in [1.165, 1.54) is 0 Å². The first-order valence-corrected chi connectivity index (χ1v) is 5.60. The highest BCUT2D eigenvalue weighted by Gasteiger charge is 2.15. The van der Waals surface area contributed by atoms with E-state index in [0.717, 1.165) is 18.1 Å². The predicted molar refractivity (Wildman–Crippen MR) is 67.2 cm³/mol. The fourth-order valence-corrected chi connectivity index (χ4v) is 1.60. The van der Waals surface area contributed by atoms with Crippen molar-refractivity contribution in [3.05, 3.63) is 18.1 Å². The lowest BCUT2D eigenvalue weighted by Gasteiger charge is -2.25. The second kappa shape index (κ2) is 6.03. The van der Waals surface area contributed by atoms with Crippen LogP contribution in [-0.2, 0) is 0 Å². The maximum Gasteiger partial charge on any atom is 0.150 e. The average Bonchev–Trinajstić information content (AvgIpc) is 2.35. The van der Waals surface area contributed by atoms with Crippen molar-refractivity contribution in [3.63, 3.8) is 0 Å². The van der Waals surface area contributed by atoms with Crippen molar-refractivity contribution in [2.24, 2.45) is 16.8 Å². The molecule has 0 aliphatic rings. The monoisotopic (exact) mass is 237 g/mol. The topological polar surface area (TPSA) is 87.6 Å². The third kappa shape index (κ3) is 3.30.